The number of rotatable bonds is 5. The van der Waals surface area contributed by atoms with Crippen LogP contribution in [0.1, 0.15) is 23.7 Å². The second kappa shape index (κ2) is 5.65. The Kier molecular flexibility index (Phi) is 4.49. The first kappa shape index (κ1) is 12.7. The van der Waals surface area contributed by atoms with E-state index < -0.39 is 12.6 Å². The lowest BCUT2D eigenvalue weighted by Gasteiger charge is -2.08. The highest BCUT2D eigenvalue weighted by atomic mass is 79.9. The number of hydrogen-bond acceptors (Lipinski definition) is 3. The number of aliphatic carboxylic acids is 1. The van der Waals surface area contributed by atoms with E-state index in [1.165, 1.54) is 0 Å². The summed E-state index contributed by atoms with van der Waals surface area (Å²) in [6.45, 7) is 1.28. The quantitative estimate of drug-likeness (QED) is 0.845. The summed E-state index contributed by atoms with van der Waals surface area (Å²) in [5.41, 5.74) is 0.409. The molecule has 0 atom stereocenters. The van der Waals surface area contributed by atoms with Crippen LogP contribution < -0.4 is 4.74 Å². The predicted molar refractivity (Wildman–Crippen MR) is 61.9 cm³/mol. The fraction of sp³-hybridized carbons (Fsp3) is 0.273. The summed E-state index contributed by atoms with van der Waals surface area (Å²) < 4.78 is 5.79. The van der Waals surface area contributed by atoms with Crippen LogP contribution in [-0.2, 0) is 4.79 Å². The molecule has 1 rings (SSSR count). The number of hydrogen-bond donors (Lipinski definition) is 1. The number of ketones is 1. The minimum Gasteiger partial charge on any atom is -0.481 e. The van der Waals surface area contributed by atoms with E-state index in [2.05, 4.69) is 15.9 Å². The number of benzene rings is 1. The average Bonchev–Trinajstić information content (AvgIpc) is 2.25. The number of halogens is 1. The van der Waals surface area contributed by atoms with E-state index in [4.69, 9.17) is 9.84 Å². The van der Waals surface area contributed by atoms with Gasteiger partial charge in [-0.3, -0.25) is 4.79 Å². The van der Waals surface area contributed by atoms with Gasteiger partial charge in [0.2, 0.25) is 0 Å². The first-order chi connectivity index (χ1) is 7.54. The summed E-state index contributed by atoms with van der Waals surface area (Å²) in [5.74, 6) is -0.855. The zero-order valence-corrected chi connectivity index (χ0v) is 10.3. The summed E-state index contributed by atoms with van der Waals surface area (Å²) in [7, 11) is 0. The maximum Gasteiger partial charge on any atom is 0.341 e. The van der Waals surface area contributed by atoms with Crippen molar-refractivity contribution in [3.8, 4) is 5.75 Å². The number of Topliss-reactive ketones (excluding diaryl/α,β-unsaturated/α-hetero) is 1. The maximum absolute atomic E-state index is 11.5. The third-order valence-electron chi connectivity index (χ3n) is 1.92. The fourth-order valence-corrected chi connectivity index (χ4v) is 1.52. The van der Waals surface area contributed by atoms with E-state index in [1.54, 1.807) is 25.1 Å². The Balaban J connectivity index is 2.98. The van der Waals surface area contributed by atoms with Gasteiger partial charge in [-0.25, -0.2) is 4.79 Å². The smallest absolute Gasteiger partial charge is 0.341 e. The van der Waals surface area contributed by atoms with E-state index in [9.17, 15) is 9.59 Å². The lowest BCUT2D eigenvalue weighted by atomic mass is 10.1. The molecule has 0 fully saturated rings. The lowest BCUT2D eigenvalue weighted by molar-refractivity contribution is -0.139. The van der Waals surface area contributed by atoms with Crippen LogP contribution in [0, 0.1) is 0 Å². The molecule has 0 heterocycles. The molecule has 0 aliphatic heterocycles. The molecule has 0 aromatic heterocycles. The Morgan fingerprint density at radius 1 is 1.44 bits per heavy atom. The third-order valence-corrected chi connectivity index (χ3v) is 2.41. The van der Waals surface area contributed by atoms with Gasteiger partial charge in [0.05, 0.1) is 5.56 Å². The van der Waals surface area contributed by atoms with Crippen LogP contribution in [0.25, 0.3) is 0 Å². The van der Waals surface area contributed by atoms with Crippen LogP contribution in [-0.4, -0.2) is 23.5 Å². The van der Waals surface area contributed by atoms with Crippen molar-refractivity contribution in [1.29, 1.82) is 0 Å². The second-order valence-electron chi connectivity index (χ2n) is 3.10. The molecular weight excluding hydrogens is 276 g/mol. The zero-order valence-electron chi connectivity index (χ0n) is 8.70. The first-order valence-corrected chi connectivity index (χ1v) is 5.51. The van der Waals surface area contributed by atoms with Crippen molar-refractivity contribution in [3.63, 3.8) is 0 Å². The van der Waals surface area contributed by atoms with Crippen molar-refractivity contribution in [2.24, 2.45) is 0 Å². The van der Waals surface area contributed by atoms with E-state index >= 15 is 0 Å². The van der Waals surface area contributed by atoms with E-state index in [0.29, 0.717) is 17.7 Å². The molecule has 86 valence electrons. The minimum atomic E-state index is -1.07. The van der Waals surface area contributed by atoms with Crippen LogP contribution in [0.3, 0.4) is 0 Å². The van der Waals surface area contributed by atoms with Crippen molar-refractivity contribution < 1.29 is 19.4 Å². The molecule has 1 N–H and O–H groups in total. The maximum atomic E-state index is 11.5. The number of carbonyl (C=O) groups is 2. The molecule has 1 aromatic carbocycles. The fourth-order valence-electron chi connectivity index (χ4n) is 1.18. The third kappa shape index (κ3) is 3.34. The Morgan fingerprint density at radius 2 is 2.12 bits per heavy atom. The van der Waals surface area contributed by atoms with Gasteiger partial charge < -0.3 is 9.84 Å². The second-order valence-corrected chi connectivity index (χ2v) is 4.02. The summed E-state index contributed by atoms with van der Waals surface area (Å²) in [6, 6.07) is 4.93. The molecule has 0 saturated heterocycles. The van der Waals surface area contributed by atoms with Gasteiger partial charge in [0.25, 0.3) is 0 Å². The molecular formula is C11H11BrO4. The van der Waals surface area contributed by atoms with Gasteiger partial charge in [-0.1, -0.05) is 22.9 Å². The molecule has 0 aliphatic carbocycles. The van der Waals surface area contributed by atoms with Crippen LogP contribution in [0.2, 0.25) is 0 Å². The number of carbonyl (C=O) groups excluding carboxylic acids is 1. The van der Waals surface area contributed by atoms with Crippen molar-refractivity contribution in [2.75, 3.05) is 6.61 Å². The highest BCUT2D eigenvalue weighted by molar-refractivity contribution is 9.10. The highest BCUT2D eigenvalue weighted by Crippen LogP contribution is 2.24. The number of carboxylic acids is 1. The van der Waals surface area contributed by atoms with Crippen LogP contribution in [0.4, 0.5) is 0 Å². The topological polar surface area (TPSA) is 63.6 Å². The molecule has 4 nitrogen and oxygen atoms in total. The molecule has 16 heavy (non-hydrogen) atoms. The van der Waals surface area contributed by atoms with E-state index in [-0.39, 0.29) is 5.78 Å². The Morgan fingerprint density at radius 3 is 2.69 bits per heavy atom. The molecule has 5 heteroatoms. The lowest BCUT2D eigenvalue weighted by Crippen LogP contribution is -2.11. The Hall–Kier alpha value is -1.36. The normalized spacial score (nSPS) is 9.88. The van der Waals surface area contributed by atoms with Gasteiger partial charge in [0, 0.05) is 10.9 Å². The average molecular weight is 287 g/mol. The zero-order chi connectivity index (χ0) is 12.1. The summed E-state index contributed by atoms with van der Waals surface area (Å²) in [6.07, 6.45) is 0.352. The van der Waals surface area contributed by atoms with Crippen LogP contribution in [0.15, 0.2) is 22.7 Å². The van der Waals surface area contributed by atoms with Gasteiger partial charge in [-0.15, -0.1) is 0 Å². The summed E-state index contributed by atoms with van der Waals surface area (Å²) in [4.78, 5) is 21.9. The molecule has 0 radical (unpaired) electrons. The molecule has 0 unspecified atom stereocenters. The standard InChI is InChI=1S/C11H11BrO4/c1-2-9(13)8-4-3-7(12)5-10(8)16-6-11(14)15/h3-5H,2,6H2,1H3,(H,14,15). The van der Waals surface area contributed by atoms with E-state index in [0.717, 1.165) is 4.47 Å². The van der Waals surface area contributed by atoms with Crippen molar-refractivity contribution in [1.82, 2.24) is 0 Å². The number of ether oxygens (including phenoxy) is 1. The SMILES string of the molecule is CCC(=O)c1ccc(Br)cc1OCC(=O)O. The largest absolute Gasteiger partial charge is 0.481 e. The highest BCUT2D eigenvalue weighted by Gasteiger charge is 2.12. The summed E-state index contributed by atoms with van der Waals surface area (Å²) in [5, 5.41) is 8.51. The first-order valence-electron chi connectivity index (χ1n) is 4.72. The van der Waals surface area contributed by atoms with E-state index in [1.807, 2.05) is 0 Å². The van der Waals surface area contributed by atoms with Gasteiger partial charge >= 0.3 is 5.97 Å². The molecule has 0 amide bonds. The molecule has 0 spiro atoms. The van der Waals surface area contributed by atoms with Gasteiger partial charge in [-0.2, -0.15) is 0 Å². The van der Waals surface area contributed by atoms with Crippen LogP contribution in [0.5, 0.6) is 5.75 Å². The van der Waals surface area contributed by atoms with Crippen molar-refractivity contribution in [2.45, 2.75) is 13.3 Å². The number of carboxylic acid groups (broad SMARTS) is 1. The van der Waals surface area contributed by atoms with Gasteiger partial charge in [-0.05, 0) is 18.2 Å². The van der Waals surface area contributed by atoms with Crippen LogP contribution >= 0.6 is 15.9 Å². The van der Waals surface area contributed by atoms with Gasteiger partial charge in [0.1, 0.15) is 5.75 Å². The Labute approximate surface area is 101 Å². The monoisotopic (exact) mass is 286 g/mol. The molecule has 0 aliphatic rings. The molecule has 0 bridgehead atoms. The minimum absolute atomic E-state index is 0.0760. The summed E-state index contributed by atoms with van der Waals surface area (Å²) >= 11 is 3.24. The molecule has 1 aromatic rings. The van der Waals surface area contributed by atoms with Crippen molar-refractivity contribution >= 4 is 27.7 Å². The molecule has 0 saturated carbocycles. The van der Waals surface area contributed by atoms with Gasteiger partial charge in [0.15, 0.2) is 12.4 Å². The van der Waals surface area contributed by atoms with Crippen molar-refractivity contribution in [3.05, 3.63) is 28.2 Å². The predicted octanol–water partition coefficient (Wildman–Crippen LogP) is 2.51. The Bertz CT molecular complexity index is 414.